The van der Waals surface area contributed by atoms with E-state index in [1.165, 1.54) is 0 Å². The molecule has 1 saturated carbocycles. The van der Waals surface area contributed by atoms with E-state index in [-0.39, 0.29) is 6.10 Å². The highest BCUT2D eigenvalue weighted by molar-refractivity contribution is 5.66. The lowest BCUT2D eigenvalue weighted by molar-refractivity contribution is 0.0385. The first kappa shape index (κ1) is 12.2. The van der Waals surface area contributed by atoms with Gasteiger partial charge in [0.25, 0.3) is 5.89 Å². The van der Waals surface area contributed by atoms with Crippen LogP contribution in [0.15, 0.2) is 10.7 Å². The molecule has 2 aromatic rings. The normalized spacial score (nSPS) is 16.7. The number of hydrogen-bond donors (Lipinski definition) is 1. The van der Waals surface area contributed by atoms with Crippen LogP contribution < -0.4 is 5.73 Å². The van der Waals surface area contributed by atoms with E-state index in [0.717, 1.165) is 12.8 Å². The third kappa shape index (κ3) is 2.21. The highest BCUT2D eigenvalue weighted by Gasteiger charge is 2.36. The summed E-state index contributed by atoms with van der Waals surface area (Å²) in [6.07, 6.45) is 3.87. The molecule has 0 saturated heterocycles. The summed E-state index contributed by atoms with van der Waals surface area (Å²) in [5.74, 6) is 2.01. The number of nitrogen functional groups attached to an aromatic ring is 1. The Morgan fingerprint density at radius 1 is 1.58 bits per heavy atom. The molecule has 1 aliphatic carbocycles. The van der Waals surface area contributed by atoms with E-state index in [2.05, 4.69) is 15.2 Å². The first-order valence-electron chi connectivity index (χ1n) is 6.43. The van der Waals surface area contributed by atoms with Gasteiger partial charge in [0.1, 0.15) is 17.5 Å². The van der Waals surface area contributed by atoms with E-state index < -0.39 is 0 Å². The maximum absolute atomic E-state index is 5.89. The minimum atomic E-state index is -0.0691. The quantitative estimate of drug-likeness (QED) is 0.879. The smallest absolute Gasteiger partial charge is 0.263 e. The summed E-state index contributed by atoms with van der Waals surface area (Å²) in [6.45, 7) is 2.61. The first-order chi connectivity index (χ1) is 9.20. The minimum Gasteiger partial charge on any atom is -0.383 e. The molecule has 7 heteroatoms. The molecule has 0 aliphatic heterocycles. The molecule has 3 rings (SSSR count). The summed E-state index contributed by atoms with van der Waals surface area (Å²) in [6, 6.07) is 0. The van der Waals surface area contributed by atoms with Gasteiger partial charge >= 0.3 is 0 Å². The molecule has 2 aromatic heterocycles. The molecular formula is C12H17N5O2. The van der Waals surface area contributed by atoms with Crippen LogP contribution in [0.4, 0.5) is 5.82 Å². The van der Waals surface area contributed by atoms with Crippen LogP contribution in [0, 0.1) is 5.92 Å². The lowest BCUT2D eigenvalue weighted by Crippen LogP contribution is -2.08. The van der Waals surface area contributed by atoms with Gasteiger partial charge < -0.3 is 15.0 Å². The van der Waals surface area contributed by atoms with E-state index in [0.29, 0.717) is 35.6 Å². The zero-order valence-corrected chi connectivity index (χ0v) is 11.0. The summed E-state index contributed by atoms with van der Waals surface area (Å²) in [7, 11) is 1.77. The van der Waals surface area contributed by atoms with E-state index in [9.17, 15) is 0 Å². The number of hydrogen-bond acceptors (Lipinski definition) is 6. The van der Waals surface area contributed by atoms with Gasteiger partial charge in [-0.3, -0.25) is 4.68 Å². The Morgan fingerprint density at radius 3 is 2.95 bits per heavy atom. The average molecular weight is 263 g/mol. The lowest BCUT2D eigenvalue weighted by Gasteiger charge is -2.10. The SMILES string of the molecule is CCOC(c1noc(-c2cnn(C)c2N)n1)C1CC1. The Balaban J connectivity index is 1.88. The van der Waals surface area contributed by atoms with Crippen molar-refractivity contribution in [3.05, 3.63) is 12.0 Å². The third-order valence-corrected chi connectivity index (χ3v) is 3.31. The number of ether oxygens (including phenoxy) is 1. The molecule has 0 aromatic carbocycles. The molecule has 1 atom stereocenters. The molecule has 0 bridgehead atoms. The fourth-order valence-corrected chi connectivity index (χ4v) is 2.07. The molecule has 0 amide bonds. The second-order valence-corrected chi connectivity index (χ2v) is 4.74. The van der Waals surface area contributed by atoms with Crippen molar-refractivity contribution in [1.29, 1.82) is 0 Å². The van der Waals surface area contributed by atoms with Crippen LogP contribution >= 0.6 is 0 Å². The van der Waals surface area contributed by atoms with Crippen LogP contribution in [0.3, 0.4) is 0 Å². The molecule has 0 spiro atoms. The molecular weight excluding hydrogens is 246 g/mol. The Labute approximate surface area is 110 Å². The van der Waals surface area contributed by atoms with E-state index >= 15 is 0 Å². The van der Waals surface area contributed by atoms with Gasteiger partial charge in [-0.25, -0.2) is 0 Å². The van der Waals surface area contributed by atoms with E-state index in [1.807, 2.05) is 6.92 Å². The Kier molecular flexibility index (Phi) is 2.98. The van der Waals surface area contributed by atoms with Crippen molar-refractivity contribution in [3.8, 4) is 11.5 Å². The Bertz CT molecular complexity index is 572. The van der Waals surface area contributed by atoms with Gasteiger partial charge in [0, 0.05) is 13.7 Å². The monoisotopic (exact) mass is 263 g/mol. The summed E-state index contributed by atoms with van der Waals surface area (Å²) in [5, 5.41) is 8.08. The van der Waals surface area contributed by atoms with Crippen LogP contribution in [0.25, 0.3) is 11.5 Å². The Hall–Kier alpha value is -1.89. The van der Waals surface area contributed by atoms with Crippen molar-refractivity contribution in [3.63, 3.8) is 0 Å². The summed E-state index contributed by atoms with van der Waals surface area (Å²) in [5.41, 5.74) is 6.55. The molecule has 19 heavy (non-hydrogen) atoms. The van der Waals surface area contributed by atoms with Crippen molar-refractivity contribution in [1.82, 2.24) is 19.9 Å². The molecule has 1 unspecified atom stereocenters. The number of anilines is 1. The summed E-state index contributed by atoms with van der Waals surface area (Å²) in [4.78, 5) is 4.40. The van der Waals surface area contributed by atoms with Crippen molar-refractivity contribution in [2.75, 3.05) is 12.3 Å². The van der Waals surface area contributed by atoms with Crippen molar-refractivity contribution in [2.45, 2.75) is 25.9 Å². The molecule has 102 valence electrons. The van der Waals surface area contributed by atoms with Crippen LogP contribution in [0.5, 0.6) is 0 Å². The molecule has 0 radical (unpaired) electrons. The second kappa shape index (κ2) is 4.65. The van der Waals surface area contributed by atoms with Crippen molar-refractivity contribution in [2.24, 2.45) is 13.0 Å². The zero-order chi connectivity index (χ0) is 13.4. The average Bonchev–Trinajstić information content (AvgIpc) is 3.04. The predicted molar refractivity (Wildman–Crippen MR) is 68.0 cm³/mol. The molecule has 2 heterocycles. The standard InChI is InChI=1S/C12H17N5O2/c1-3-18-9(7-4-5-7)11-15-12(19-16-11)8-6-14-17(2)10(8)13/h6-7,9H,3-5,13H2,1-2H3. The molecule has 7 nitrogen and oxygen atoms in total. The molecule has 2 N–H and O–H groups in total. The highest BCUT2D eigenvalue weighted by Crippen LogP contribution is 2.42. The van der Waals surface area contributed by atoms with Crippen LogP contribution in [0.2, 0.25) is 0 Å². The van der Waals surface area contributed by atoms with Crippen molar-refractivity contribution < 1.29 is 9.26 Å². The summed E-state index contributed by atoms with van der Waals surface area (Å²) < 4.78 is 12.5. The molecule has 1 aliphatic rings. The number of aryl methyl sites for hydroxylation is 1. The fourth-order valence-electron chi connectivity index (χ4n) is 2.07. The van der Waals surface area contributed by atoms with Crippen LogP contribution in [-0.2, 0) is 11.8 Å². The van der Waals surface area contributed by atoms with Crippen LogP contribution in [0.1, 0.15) is 31.7 Å². The van der Waals surface area contributed by atoms with Crippen LogP contribution in [-0.4, -0.2) is 26.5 Å². The fraction of sp³-hybridized carbons (Fsp3) is 0.583. The van der Waals surface area contributed by atoms with Gasteiger partial charge in [-0.2, -0.15) is 10.1 Å². The highest BCUT2D eigenvalue weighted by atomic mass is 16.5. The number of nitrogens with zero attached hydrogens (tertiary/aromatic N) is 4. The lowest BCUT2D eigenvalue weighted by atomic mass is 10.2. The van der Waals surface area contributed by atoms with E-state index in [4.69, 9.17) is 15.0 Å². The predicted octanol–water partition coefficient (Wildman–Crippen LogP) is 1.54. The van der Waals surface area contributed by atoms with Gasteiger partial charge in [-0.05, 0) is 25.7 Å². The summed E-state index contributed by atoms with van der Waals surface area (Å²) >= 11 is 0. The number of nitrogens with two attached hydrogens (primary N) is 1. The van der Waals surface area contributed by atoms with Gasteiger partial charge in [0.2, 0.25) is 5.82 Å². The second-order valence-electron chi connectivity index (χ2n) is 4.74. The topological polar surface area (TPSA) is 92.0 Å². The van der Waals surface area contributed by atoms with Gasteiger partial charge in [-0.15, -0.1) is 0 Å². The Morgan fingerprint density at radius 2 is 2.37 bits per heavy atom. The number of rotatable bonds is 5. The third-order valence-electron chi connectivity index (χ3n) is 3.31. The van der Waals surface area contributed by atoms with Gasteiger partial charge in [0.05, 0.1) is 6.20 Å². The first-order valence-corrected chi connectivity index (χ1v) is 6.43. The minimum absolute atomic E-state index is 0.0691. The maximum atomic E-state index is 5.89. The van der Waals surface area contributed by atoms with Crippen molar-refractivity contribution >= 4 is 5.82 Å². The maximum Gasteiger partial charge on any atom is 0.263 e. The largest absolute Gasteiger partial charge is 0.383 e. The van der Waals surface area contributed by atoms with E-state index in [1.54, 1.807) is 17.9 Å². The van der Waals surface area contributed by atoms with Gasteiger partial charge in [0.15, 0.2) is 0 Å². The zero-order valence-electron chi connectivity index (χ0n) is 11.0. The number of aromatic nitrogens is 4. The van der Waals surface area contributed by atoms with Gasteiger partial charge in [-0.1, -0.05) is 5.16 Å². The molecule has 1 fully saturated rings.